The van der Waals surface area contributed by atoms with E-state index in [9.17, 15) is 18.0 Å². The van der Waals surface area contributed by atoms with Gasteiger partial charge in [0, 0.05) is 17.3 Å². The fraction of sp³-hybridized carbons (Fsp3) is 0.231. The molecule has 0 unspecified atom stereocenters. The van der Waals surface area contributed by atoms with Crippen LogP contribution in [0.25, 0.3) is 11.1 Å². The number of benzene rings is 1. The molecule has 0 aliphatic carbocycles. The zero-order chi connectivity index (χ0) is 15.6. The lowest BCUT2D eigenvalue weighted by molar-refractivity contribution is -0.274. The molecule has 1 aromatic carbocycles. The van der Waals surface area contributed by atoms with E-state index < -0.39 is 18.3 Å². The van der Waals surface area contributed by atoms with Crippen molar-refractivity contribution in [1.29, 1.82) is 0 Å². The van der Waals surface area contributed by atoms with Crippen LogP contribution in [0.5, 0.6) is 5.75 Å². The van der Waals surface area contributed by atoms with Crippen LogP contribution in [0.4, 0.5) is 13.2 Å². The number of carbonyl (C=O) groups excluding carboxylic acids is 1. The summed E-state index contributed by atoms with van der Waals surface area (Å²) in [5, 5.41) is 3.93. The maximum Gasteiger partial charge on any atom is 0.573 e. The number of nitrogens with zero attached hydrogens (tertiary/aromatic N) is 2. The maximum absolute atomic E-state index is 12.4. The van der Waals surface area contributed by atoms with Gasteiger partial charge in [-0.1, -0.05) is 18.2 Å². The van der Waals surface area contributed by atoms with Crippen LogP contribution >= 0.6 is 0 Å². The van der Waals surface area contributed by atoms with Crippen molar-refractivity contribution >= 4 is 5.91 Å². The van der Waals surface area contributed by atoms with Crippen molar-refractivity contribution in [1.82, 2.24) is 9.78 Å². The molecule has 8 heteroatoms. The molecule has 21 heavy (non-hydrogen) atoms. The third kappa shape index (κ3) is 3.53. The molecule has 0 radical (unpaired) electrons. The Balaban J connectivity index is 2.37. The summed E-state index contributed by atoms with van der Waals surface area (Å²) in [7, 11) is 0. The van der Waals surface area contributed by atoms with E-state index in [0.717, 1.165) is 0 Å². The minimum atomic E-state index is -4.79. The Hall–Kier alpha value is -2.51. The maximum atomic E-state index is 12.4. The highest BCUT2D eigenvalue weighted by Gasteiger charge is 2.32. The fourth-order valence-electron chi connectivity index (χ4n) is 1.74. The van der Waals surface area contributed by atoms with E-state index >= 15 is 0 Å². The molecule has 1 amide bonds. The highest BCUT2D eigenvalue weighted by Crippen LogP contribution is 2.33. The lowest BCUT2D eigenvalue weighted by atomic mass is 10.1. The first-order valence-electron chi connectivity index (χ1n) is 5.96. The van der Waals surface area contributed by atoms with Gasteiger partial charge in [0.05, 0.1) is 6.20 Å². The van der Waals surface area contributed by atoms with Gasteiger partial charge in [0.25, 0.3) is 0 Å². The van der Waals surface area contributed by atoms with Crippen LogP contribution in [0, 0.1) is 0 Å². The van der Waals surface area contributed by atoms with E-state index in [1.807, 2.05) is 0 Å². The van der Waals surface area contributed by atoms with E-state index in [-0.39, 0.29) is 11.3 Å². The Morgan fingerprint density at radius 1 is 1.38 bits per heavy atom. The molecule has 2 rings (SSSR count). The predicted octanol–water partition coefficient (Wildman–Crippen LogP) is 2.50. The van der Waals surface area contributed by atoms with E-state index in [1.54, 1.807) is 6.07 Å². The molecule has 2 N–H and O–H groups in total. The van der Waals surface area contributed by atoms with Gasteiger partial charge in [0.15, 0.2) is 0 Å². The highest BCUT2D eigenvalue weighted by molar-refractivity contribution is 5.78. The number of ether oxygens (including phenoxy) is 1. The van der Waals surface area contributed by atoms with Gasteiger partial charge in [-0.15, -0.1) is 13.2 Å². The van der Waals surface area contributed by atoms with Crippen LogP contribution in [-0.4, -0.2) is 22.1 Å². The average molecular weight is 299 g/mol. The molecular formula is C13H12F3N3O2. The molecule has 0 saturated heterocycles. The van der Waals surface area contributed by atoms with Crippen molar-refractivity contribution in [3.05, 3.63) is 36.7 Å². The molecule has 0 saturated carbocycles. The Kier molecular flexibility index (Phi) is 3.88. The number of primary amides is 1. The average Bonchev–Trinajstić information content (AvgIpc) is 2.85. The number of hydrogen-bond donors (Lipinski definition) is 1. The monoisotopic (exact) mass is 299 g/mol. The van der Waals surface area contributed by atoms with E-state index in [0.29, 0.717) is 5.56 Å². The van der Waals surface area contributed by atoms with Crippen LogP contribution in [-0.2, 0) is 4.79 Å². The van der Waals surface area contributed by atoms with Gasteiger partial charge in [-0.2, -0.15) is 5.10 Å². The number of alkyl halides is 3. The van der Waals surface area contributed by atoms with E-state index in [2.05, 4.69) is 9.84 Å². The van der Waals surface area contributed by atoms with Crippen LogP contribution < -0.4 is 10.5 Å². The molecular weight excluding hydrogens is 287 g/mol. The standard InChI is InChI=1S/C13H12F3N3O2/c1-8(12(17)20)19-7-9(6-18-19)10-4-2-3-5-11(10)21-13(14,15)16/h2-8H,1H3,(H2,17,20)/t8-/m0/s1. The molecule has 1 aromatic heterocycles. The first-order chi connectivity index (χ1) is 9.78. The number of hydrogen-bond acceptors (Lipinski definition) is 3. The number of carbonyl (C=O) groups is 1. The van der Waals surface area contributed by atoms with E-state index in [4.69, 9.17) is 5.73 Å². The van der Waals surface area contributed by atoms with Crippen molar-refractivity contribution in [3.63, 3.8) is 0 Å². The number of nitrogens with two attached hydrogens (primary N) is 1. The van der Waals surface area contributed by atoms with Gasteiger partial charge in [-0.25, -0.2) is 0 Å². The lowest BCUT2D eigenvalue weighted by Crippen LogP contribution is -2.24. The Bertz CT molecular complexity index is 652. The van der Waals surface area contributed by atoms with Crippen LogP contribution in [0.15, 0.2) is 36.7 Å². The summed E-state index contributed by atoms with van der Waals surface area (Å²) in [6.45, 7) is 1.54. The van der Waals surface area contributed by atoms with Crippen molar-refractivity contribution in [2.24, 2.45) is 5.73 Å². The molecule has 0 aliphatic heterocycles. The molecule has 0 aliphatic rings. The lowest BCUT2D eigenvalue weighted by Gasteiger charge is -2.12. The number of halogens is 3. The molecule has 0 bridgehead atoms. The molecule has 0 fully saturated rings. The summed E-state index contributed by atoms with van der Waals surface area (Å²) in [5.74, 6) is -0.930. The fourth-order valence-corrected chi connectivity index (χ4v) is 1.74. The topological polar surface area (TPSA) is 70.1 Å². The van der Waals surface area contributed by atoms with Gasteiger partial charge in [-0.05, 0) is 13.0 Å². The molecule has 0 spiro atoms. The second-order valence-corrected chi connectivity index (χ2v) is 4.33. The Labute approximate surface area is 118 Å². The van der Waals surface area contributed by atoms with Crippen LogP contribution in [0.1, 0.15) is 13.0 Å². The smallest absolute Gasteiger partial charge is 0.405 e. The molecule has 2 aromatic rings. The summed E-state index contributed by atoms with van der Waals surface area (Å²) in [6, 6.07) is 4.98. The van der Waals surface area contributed by atoms with Crippen LogP contribution in [0.3, 0.4) is 0 Å². The van der Waals surface area contributed by atoms with Gasteiger partial charge < -0.3 is 10.5 Å². The largest absolute Gasteiger partial charge is 0.573 e. The summed E-state index contributed by atoms with van der Waals surface area (Å²) in [4.78, 5) is 11.1. The second-order valence-electron chi connectivity index (χ2n) is 4.33. The van der Waals surface area contributed by atoms with Crippen molar-refractivity contribution in [3.8, 4) is 16.9 Å². The van der Waals surface area contributed by atoms with Gasteiger partial charge >= 0.3 is 6.36 Å². The number of amides is 1. The van der Waals surface area contributed by atoms with Crippen molar-refractivity contribution in [2.75, 3.05) is 0 Å². The van der Waals surface area contributed by atoms with Crippen LogP contribution in [0.2, 0.25) is 0 Å². The second kappa shape index (κ2) is 5.47. The predicted molar refractivity (Wildman–Crippen MR) is 68.3 cm³/mol. The molecule has 1 heterocycles. The SMILES string of the molecule is C[C@@H](C(N)=O)n1cc(-c2ccccc2OC(F)(F)F)cn1. The normalized spacial score (nSPS) is 13.0. The summed E-state index contributed by atoms with van der Waals surface area (Å²) in [6.07, 6.45) is -2.00. The quantitative estimate of drug-likeness (QED) is 0.943. The number of rotatable bonds is 4. The van der Waals surface area contributed by atoms with Crippen molar-refractivity contribution < 1.29 is 22.7 Å². The first-order valence-corrected chi connectivity index (χ1v) is 5.96. The molecule has 112 valence electrons. The van der Waals surface area contributed by atoms with Gasteiger partial charge in [0.2, 0.25) is 5.91 Å². The minimum Gasteiger partial charge on any atom is -0.405 e. The Morgan fingerprint density at radius 2 is 2.05 bits per heavy atom. The molecule has 1 atom stereocenters. The zero-order valence-corrected chi connectivity index (χ0v) is 11.0. The Morgan fingerprint density at radius 3 is 2.67 bits per heavy atom. The minimum absolute atomic E-state index is 0.220. The number of para-hydroxylation sites is 1. The van der Waals surface area contributed by atoms with Gasteiger partial charge in [0.1, 0.15) is 11.8 Å². The third-order valence-corrected chi connectivity index (χ3v) is 2.83. The van der Waals surface area contributed by atoms with Crippen molar-refractivity contribution in [2.45, 2.75) is 19.3 Å². The third-order valence-electron chi connectivity index (χ3n) is 2.83. The first kappa shape index (κ1) is 14.9. The summed E-state index contributed by atoms with van der Waals surface area (Å²) < 4.78 is 42.4. The van der Waals surface area contributed by atoms with E-state index in [1.165, 1.54) is 42.2 Å². The molecule has 5 nitrogen and oxygen atoms in total. The zero-order valence-electron chi connectivity index (χ0n) is 11.0. The van der Waals surface area contributed by atoms with Gasteiger partial charge in [-0.3, -0.25) is 9.48 Å². The summed E-state index contributed by atoms with van der Waals surface area (Å²) in [5.41, 5.74) is 5.77. The summed E-state index contributed by atoms with van der Waals surface area (Å²) >= 11 is 0. The highest BCUT2D eigenvalue weighted by atomic mass is 19.4. The number of aromatic nitrogens is 2.